The fourth-order valence-electron chi connectivity index (χ4n) is 3.85. The first-order valence-corrected chi connectivity index (χ1v) is 12.8. The standard InChI is InChI=1S/C30H30Cl2N2O5/c1-20(33-39-18-24-7-5-6-8-26(24)27(19-36-2)30(35)37-3)29(34-38-4)23-13-10-21(11-14-23)9-12-22-15-16-25(31)17-28(22)32/h5-8,10-11,13-17,19H,9,12,18H2,1-4H3. The summed E-state index contributed by atoms with van der Waals surface area (Å²) in [6.45, 7) is 1.89. The Morgan fingerprint density at radius 1 is 0.897 bits per heavy atom. The van der Waals surface area contributed by atoms with Crippen molar-refractivity contribution < 1.29 is 23.9 Å². The predicted molar refractivity (Wildman–Crippen MR) is 155 cm³/mol. The third-order valence-corrected chi connectivity index (χ3v) is 6.41. The number of oxime groups is 2. The number of carbonyl (C=O) groups excluding carboxylic acids is 1. The second-order valence-corrected chi connectivity index (χ2v) is 9.26. The molecule has 0 aliphatic heterocycles. The molecular weight excluding hydrogens is 539 g/mol. The smallest absolute Gasteiger partial charge is 0.341 e. The summed E-state index contributed by atoms with van der Waals surface area (Å²) in [7, 11) is 4.26. The van der Waals surface area contributed by atoms with E-state index in [4.69, 9.17) is 42.4 Å². The van der Waals surface area contributed by atoms with E-state index in [1.54, 1.807) is 19.1 Å². The van der Waals surface area contributed by atoms with Gasteiger partial charge in [-0.3, -0.25) is 0 Å². The molecule has 9 heteroatoms. The van der Waals surface area contributed by atoms with Crippen molar-refractivity contribution in [2.75, 3.05) is 21.3 Å². The Labute approximate surface area is 238 Å². The maximum Gasteiger partial charge on any atom is 0.341 e. The molecule has 0 heterocycles. The molecule has 0 atom stereocenters. The van der Waals surface area contributed by atoms with Gasteiger partial charge in [0.15, 0.2) is 0 Å². The maximum absolute atomic E-state index is 12.2. The van der Waals surface area contributed by atoms with Crippen molar-refractivity contribution in [2.24, 2.45) is 10.3 Å². The number of ether oxygens (including phenoxy) is 2. The quantitative estimate of drug-likeness (QED) is 0.0781. The third-order valence-electron chi connectivity index (χ3n) is 5.82. The molecule has 3 aromatic rings. The Morgan fingerprint density at radius 2 is 1.64 bits per heavy atom. The van der Waals surface area contributed by atoms with Crippen molar-refractivity contribution in [1.82, 2.24) is 0 Å². The van der Waals surface area contributed by atoms with E-state index in [0.29, 0.717) is 27.0 Å². The van der Waals surface area contributed by atoms with E-state index >= 15 is 0 Å². The van der Waals surface area contributed by atoms with Crippen LogP contribution in [0.3, 0.4) is 0 Å². The minimum atomic E-state index is -0.516. The fraction of sp³-hybridized carbons (Fsp3) is 0.233. The summed E-state index contributed by atoms with van der Waals surface area (Å²) in [5.74, 6) is -0.516. The van der Waals surface area contributed by atoms with Crippen LogP contribution < -0.4 is 0 Å². The average Bonchev–Trinajstić information content (AvgIpc) is 2.94. The third kappa shape index (κ3) is 8.34. The van der Waals surface area contributed by atoms with Gasteiger partial charge in [0, 0.05) is 21.2 Å². The highest BCUT2D eigenvalue weighted by Gasteiger charge is 2.17. The zero-order valence-corrected chi connectivity index (χ0v) is 23.8. The molecule has 0 unspecified atom stereocenters. The molecule has 7 nitrogen and oxygen atoms in total. The first-order valence-electron chi connectivity index (χ1n) is 12.1. The minimum Gasteiger partial charge on any atom is -0.503 e. The molecule has 0 aromatic heterocycles. The molecule has 0 spiro atoms. The number of benzene rings is 3. The molecule has 39 heavy (non-hydrogen) atoms. The predicted octanol–water partition coefficient (Wildman–Crippen LogP) is 6.88. The van der Waals surface area contributed by atoms with Crippen LogP contribution in [0, 0.1) is 0 Å². The van der Waals surface area contributed by atoms with Gasteiger partial charge in [-0.25, -0.2) is 4.79 Å². The van der Waals surface area contributed by atoms with Crippen LogP contribution >= 0.6 is 23.2 Å². The molecule has 3 aromatic carbocycles. The summed E-state index contributed by atoms with van der Waals surface area (Å²) in [5, 5.41) is 9.70. The fourth-order valence-corrected chi connectivity index (χ4v) is 4.35. The molecule has 0 radical (unpaired) electrons. The molecule has 0 saturated heterocycles. The van der Waals surface area contributed by atoms with E-state index < -0.39 is 5.97 Å². The lowest BCUT2D eigenvalue weighted by Crippen LogP contribution is -2.14. The van der Waals surface area contributed by atoms with E-state index in [9.17, 15) is 4.79 Å². The number of carbonyl (C=O) groups is 1. The van der Waals surface area contributed by atoms with Crippen LogP contribution in [-0.2, 0) is 43.4 Å². The van der Waals surface area contributed by atoms with Gasteiger partial charge in [0.05, 0.1) is 20.5 Å². The van der Waals surface area contributed by atoms with Crippen LogP contribution in [0.1, 0.15) is 34.7 Å². The van der Waals surface area contributed by atoms with Gasteiger partial charge in [0.25, 0.3) is 0 Å². The zero-order chi connectivity index (χ0) is 28.2. The second-order valence-electron chi connectivity index (χ2n) is 8.42. The van der Waals surface area contributed by atoms with Gasteiger partial charge >= 0.3 is 5.97 Å². The molecule has 0 amide bonds. The van der Waals surface area contributed by atoms with Crippen molar-refractivity contribution in [3.8, 4) is 0 Å². The Balaban J connectivity index is 1.71. The lowest BCUT2D eigenvalue weighted by atomic mass is 10.0. The van der Waals surface area contributed by atoms with Gasteiger partial charge in [-0.05, 0) is 48.6 Å². The molecule has 0 saturated carbocycles. The van der Waals surface area contributed by atoms with Gasteiger partial charge in [0.2, 0.25) is 0 Å². The van der Waals surface area contributed by atoms with E-state index in [0.717, 1.165) is 35.1 Å². The highest BCUT2D eigenvalue weighted by Crippen LogP contribution is 2.23. The summed E-state index contributed by atoms with van der Waals surface area (Å²) in [4.78, 5) is 23.0. The van der Waals surface area contributed by atoms with Crippen molar-refractivity contribution in [3.05, 3.63) is 111 Å². The van der Waals surface area contributed by atoms with Crippen LogP contribution in [0.2, 0.25) is 10.0 Å². The number of methoxy groups -OCH3 is 2. The van der Waals surface area contributed by atoms with Crippen LogP contribution in [-0.4, -0.2) is 38.7 Å². The van der Waals surface area contributed by atoms with E-state index in [1.807, 2.05) is 54.6 Å². The van der Waals surface area contributed by atoms with Gasteiger partial charge in [0.1, 0.15) is 30.7 Å². The number of rotatable bonds is 12. The Bertz CT molecular complexity index is 1370. The summed E-state index contributed by atoms with van der Waals surface area (Å²) in [6.07, 6.45) is 2.96. The Morgan fingerprint density at radius 3 is 2.31 bits per heavy atom. The Kier molecular flexibility index (Phi) is 11.4. The van der Waals surface area contributed by atoms with Gasteiger partial charge in [-0.2, -0.15) is 0 Å². The molecule has 0 aliphatic carbocycles. The lowest BCUT2D eigenvalue weighted by molar-refractivity contribution is -0.133. The van der Waals surface area contributed by atoms with Crippen LogP contribution in [0.5, 0.6) is 0 Å². The van der Waals surface area contributed by atoms with Crippen molar-refractivity contribution in [3.63, 3.8) is 0 Å². The molecule has 3 rings (SSSR count). The van der Waals surface area contributed by atoms with E-state index in [2.05, 4.69) is 10.3 Å². The molecular formula is C30H30Cl2N2O5. The van der Waals surface area contributed by atoms with Crippen molar-refractivity contribution in [2.45, 2.75) is 26.4 Å². The highest BCUT2D eigenvalue weighted by atomic mass is 35.5. The lowest BCUT2D eigenvalue weighted by Gasteiger charge is -2.11. The van der Waals surface area contributed by atoms with Gasteiger partial charge in [-0.1, -0.05) is 88.1 Å². The Hall–Kier alpha value is -3.81. The number of nitrogens with zero attached hydrogens (tertiary/aromatic N) is 2. The maximum atomic E-state index is 12.2. The molecule has 0 N–H and O–H groups in total. The highest BCUT2D eigenvalue weighted by molar-refractivity contribution is 6.47. The molecule has 0 fully saturated rings. The molecule has 0 aliphatic rings. The van der Waals surface area contributed by atoms with E-state index in [1.165, 1.54) is 27.6 Å². The van der Waals surface area contributed by atoms with E-state index in [-0.39, 0.29) is 12.2 Å². The minimum absolute atomic E-state index is 0.109. The summed E-state index contributed by atoms with van der Waals surface area (Å²) in [6, 6.07) is 20.8. The van der Waals surface area contributed by atoms with Crippen LogP contribution in [0.4, 0.5) is 0 Å². The molecule has 204 valence electrons. The second kappa shape index (κ2) is 15.0. The van der Waals surface area contributed by atoms with Gasteiger partial charge in [-0.15, -0.1) is 0 Å². The number of hydrogen-bond donors (Lipinski definition) is 0. The zero-order valence-electron chi connectivity index (χ0n) is 22.2. The summed E-state index contributed by atoms with van der Waals surface area (Å²) < 4.78 is 9.95. The summed E-state index contributed by atoms with van der Waals surface area (Å²) in [5.41, 5.74) is 5.72. The van der Waals surface area contributed by atoms with Gasteiger partial charge < -0.3 is 19.1 Å². The number of esters is 1. The molecule has 0 bridgehead atoms. The van der Waals surface area contributed by atoms with Crippen molar-refractivity contribution in [1.29, 1.82) is 0 Å². The first kappa shape index (κ1) is 29.7. The monoisotopic (exact) mass is 568 g/mol. The van der Waals surface area contributed by atoms with Crippen molar-refractivity contribution >= 4 is 46.2 Å². The number of halogens is 2. The number of hydrogen-bond acceptors (Lipinski definition) is 7. The average molecular weight is 569 g/mol. The number of aryl methyl sites for hydroxylation is 2. The summed E-state index contributed by atoms with van der Waals surface area (Å²) >= 11 is 12.3. The SMILES string of the molecule is COC=C(C(=O)OC)c1ccccc1CON=C(C)C(=NOC)c1ccc(CCc2ccc(Cl)cc2Cl)cc1. The van der Waals surface area contributed by atoms with Crippen LogP contribution in [0.25, 0.3) is 5.57 Å². The first-order chi connectivity index (χ1) is 18.9. The largest absolute Gasteiger partial charge is 0.503 e. The normalized spacial score (nSPS) is 12.2. The van der Waals surface area contributed by atoms with Crippen LogP contribution in [0.15, 0.2) is 83.3 Å². The topological polar surface area (TPSA) is 78.7 Å².